The van der Waals surface area contributed by atoms with Gasteiger partial charge in [-0.05, 0) is 18.9 Å². The summed E-state index contributed by atoms with van der Waals surface area (Å²) in [6, 6.07) is 3.72. The fourth-order valence-corrected chi connectivity index (χ4v) is 1.32. The van der Waals surface area contributed by atoms with E-state index in [-0.39, 0.29) is 0 Å². The molecule has 1 aromatic heterocycles. The molecule has 0 N–H and O–H groups in total. The molecule has 0 atom stereocenters. The van der Waals surface area contributed by atoms with Gasteiger partial charge < -0.3 is 4.74 Å². The fraction of sp³-hybridized carbons (Fsp3) is 0.500. The lowest BCUT2D eigenvalue weighted by atomic mass is 10.3. The summed E-state index contributed by atoms with van der Waals surface area (Å²) in [7, 11) is 1.62. The van der Waals surface area contributed by atoms with E-state index >= 15 is 0 Å². The monoisotopic (exact) mass is 189 g/mol. The van der Waals surface area contributed by atoms with E-state index < -0.39 is 0 Å². The number of ether oxygens (including phenoxy) is 1. The van der Waals surface area contributed by atoms with Gasteiger partial charge in [-0.1, -0.05) is 0 Å². The van der Waals surface area contributed by atoms with Crippen molar-refractivity contribution in [3.8, 4) is 6.07 Å². The molecule has 14 heavy (non-hydrogen) atoms. The van der Waals surface area contributed by atoms with Gasteiger partial charge in [0.1, 0.15) is 17.6 Å². The van der Waals surface area contributed by atoms with Crippen LogP contribution in [0.15, 0.2) is 6.07 Å². The Balaban J connectivity index is 2.32. The predicted octanol–water partition coefficient (Wildman–Crippen LogP) is 1.37. The molecule has 1 heterocycles. The van der Waals surface area contributed by atoms with E-state index in [0.717, 1.165) is 24.4 Å². The number of nitriles is 1. The molecule has 0 aliphatic heterocycles. The maximum absolute atomic E-state index is 8.78. The maximum Gasteiger partial charge on any atom is 0.144 e. The Morgan fingerprint density at radius 1 is 1.57 bits per heavy atom. The van der Waals surface area contributed by atoms with E-state index in [4.69, 9.17) is 10.00 Å². The summed E-state index contributed by atoms with van der Waals surface area (Å²) in [6.07, 6.45) is 2.28. The predicted molar refractivity (Wildman–Crippen MR) is 49.4 cm³/mol. The molecule has 0 radical (unpaired) electrons. The van der Waals surface area contributed by atoms with Gasteiger partial charge in [0.25, 0.3) is 0 Å². The van der Waals surface area contributed by atoms with Crippen LogP contribution in [0.1, 0.15) is 36.0 Å². The normalized spacial score (nSPS) is 15.1. The third-order valence-electron chi connectivity index (χ3n) is 2.15. The molecule has 1 fully saturated rings. The van der Waals surface area contributed by atoms with Crippen LogP contribution in [0.5, 0.6) is 0 Å². The van der Waals surface area contributed by atoms with E-state index in [1.54, 1.807) is 13.2 Å². The summed E-state index contributed by atoms with van der Waals surface area (Å²) in [5.74, 6) is 1.27. The van der Waals surface area contributed by atoms with Crippen LogP contribution in [0.25, 0.3) is 0 Å². The quantitative estimate of drug-likeness (QED) is 0.720. The molecule has 72 valence electrons. The molecule has 4 nitrogen and oxygen atoms in total. The second-order valence-corrected chi connectivity index (χ2v) is 3.42. The molecule has 0 unspecified atom stereocenters. The number of hydrogen-bond donors (Lipinski definition) is 0. The zero-order chi connectivity index (χ0) is 9.97. The number of rotatable bonds is 3. The van der Waals surface area contributed by atoms with Crippen molar-refractivity contribution in [1.29, 1.82) is 5.26 Å². The Morgan fingerprint density at radius 2 is 2.36 bits per heavy atom. The minimum absolute atomic E-state index is 0.439. The molecular formula is C10H11N3O. The number of hydrogen-bond acceptors (Lipinski definition) is 4. The first-order chi connectivity index (χ1) is 6.83. The topological polar surface area (TPSA) is 58.8 Å². The number of methoxy groups -OCH3 is 1. The van der Waals surface area contributed by atoms with Crippen LogP contribution >= 0.6 is 0 Å². The molecule has 0 bridgehead atoms. The van der Waals surface area contributed by atoms with Crippen molar-refractivity contribution < 1.29 is 4.74 Å². The summed E-state index contributed by atoms with van der Waals surface area (Å²) >= 11 is 0. The van der Waals surface area contributed by atoms with Gasteiger partial charge in [-0.2, -0.15) is 5.26 Å². The summed E-state index contributed by atoms with van der Waals surface area (Å²) in [5, 5.41) is 8.78. The highest BCUT2D eigenvalue weighted by atomic mass is 16.5. The van der Waals surface area contributed by atoms with Crippen LogP contribution in [-0.4, -0.2) is 17.1 Å². The average molecular weight is 189 g/mol. The van der Waals surface area contributed by atoms with Crippen molar-refractivity contribution in [1.82, 2.24) is 9.97 Å². The van der Waals surface area contributed by atoms with Crippen molar-refractivity contribution in [3.05, 3.63) is 23.3 Å². The summed E-state index contributed by atoms with van der Waals surface area (Å²) < 4.78 is 4.98. The van der Waals surface area contributed by atoms with Crippen molar-refractivity contribution in [3.63, 3.8) is 0 Å². The molecule has 1 aromatic rings. The van der Waals surface area contributed by atoms with Crippen LogP contribution < -0.4 is 0 Å². The van der Waals surface area contributed by atoms with E-state index in [0.29, 0.717) is 18.2 Å². The van der Waals surface area contributed by atoms with Gasteiger partial charge in [0.15, 0.2) is 0 Å². The lowest BCUT2D eigenvalue weighted by Gasteiger charge is -2.02. The third-order valence-corrected chi connectivity index (χ3v) is 2.15. The largest absolute Gasteiger partial charge is 0.378 e. The smallest absolute Gasteiger partial charge is 0.144 e. The summed E-state index contributed by atoms with van der Waals surface area (Å²) in [5.41, 5.74) is 1.23. The minimum Gasteiger partial charge on any atom is -0.378 e. The average Bonchev–Trinajstić information content (AvgIpc) is 3.01. The Morgan fingerprint density at radius 3 is 2.93 bits per heavy atom. The van der Waals surface area contributed by atoms with E-state index in [1.807, 2.05) is 6.07 Å². The van der Waals surface area contributed by atoms with Crippen molar-refractivity contribution >= 4 is 0 Å². The maximum atomic E-state index is 8.78. The lowest BCUT2D eigenvalue weighted by Crippen LogP contribution is -2.01. The molecule has 1 aliphatic carbocycles. The Kier molecular flexibility index (Phi) is 2.42. The first-order valence-corrected chi connectivity index (χ1v) is 4.60. The molecule has 0 spiro atoms. The molecule has 0 saturated heterocycles. The van der Waals surface area contributed by atoms with Crippen LogP contribution in [0.2, 0.25) is 0 Å². The van der Waals surface area contributed by atoms with Crippen LogP contribution in [-0.2, 0) is 11.3 Å². The molecule has 4 heteroatoms. The molecular weight excluding hydrogens is 178 g/mol. The standard InChI is InChI=1S/C10H11N3O/c1-14-6-9-4-8(5-11)12-10(13-9)7-2-3-7/h4,7H,2-3,6H2,1H3. The molecule has 1 aliphatic rings. The number of nitrogens with zero attached hydrogens (tertiary/aromatic N) is 3. The number of aromatic nitrogens is 2. The van der Waals surface area contributed by atoms with Gasteiger partial charge in [0.2, 0.25) is 0 Å². The van der Waals surface area contributed by atoms with E-state index in [9.17, 15) is 0 Å². The minimum atomic E-state index is 0.439. The van der Waals surface area contributed by atoms with Gasteiger partial charge in [0.05, 0.1) is 12.3 Å². The fourth-order valence-electron chi connectivity index (χ4n) is 1.32. The molecule has 1 saturated carbocycles. The van der Waals surface area contributed by atoms with Crippen molar-refractivity contribution in [2.45, 2.75) is 25.4 Å². The second kappa shape index (κ2) is 3.72. The zero-order valence-electron chi connectivity index (χ0n) is 8.03. The Hall–Kier alpha value is -1.47. The Labute approximate surface area is 82.6 Å². The van der Waals surface area contributed by atoms with Gasteiger partial charge in [-0.15, -0.1) is 0 Å². The van der Waals surface area contributed by atoms with Crippen LogP contribution in [0.4, 0.5) is 0 Å². The van der Waals surface area contributed by atoms with Gasteiger partial charge in [0, 0.05) is 13.0 Å². The van der Waals surface area contributed by atoms with Gasteiger partial charge >= 0.3 is 0 Å². The summed E-state index contributed by atoms with van der Waals surface area (Å²) in [6.45, 7) is 0.441. The van der Waals surface area contributed by atoms with Gasteiger partial charge in [-0.3, -0.25) is 0 Å². The van der Waals surface area contributed by atoms with Crippen LogP contribution in [0, 0.1) is 11.3 Å². The van der Waals surface area contributed by atoms with Crippen LogP contribution in [0.3, 0.4) is 0 Å². The zero-order valence-corrected chi connectivity index (χ0v) is 8.03. The first-order valence-electron chi connectivity index (χ1n) is 4.60. The Bertz CT molecular complexity index is 379. The second-order valence-electron chi connectivity index (χ2n) is 3.42. The van der Waals surface area contributed by atoms with Crippen molar-refractivity contribution in [2.24, 2.45) is 0 Å². The first kappa shape index (κ1) is 9.10. The van der Waals surface area contributed by atoms with E-state index in [2.05, 4.69) is 9.97 Å². The van der Waals surface area contributed by atoms with Gasteiger partial charge in [-0.25, -0.2) is 9.97 Å². The third kappa shape index (κ3) is 1.88. The highest BCUT2D eigenvalue weighted by Gasteiger charge is 2.27. The molecule has 0 aromatic carbocycles. The summed E-state index contributed by atoms with van der Waals surface area (Å²) in [4.78, 5) is 8.51. The molecule has 2 rings (SSSR count). The highest BCUT2D eigenvalue weighted by molar-refractivity contribution is 5.24. The SMILES string of the molecule is COCc1cc(C#N)nc(C2CC2)n1. The molecule has 0 amide bonds. The lowest BCUT2D eigenvalue weighted by molar-refractivity contribution is 0.181. The highest BCUT2D eigenvalue weighted by Crippen LogP contribution is 2.38. The van der Waals surface area contributed by atoms with E-state index in [1.165, 1.54) is 0 Å². The van der Waals surface area contributed by atoms with Crippen molar-refractivity contribution in [2.75, 3.05) is 7.11 Å².